The third-order valence-electron chi connectivity index (χ3n) is 22.4. The topological polar surface area (TPSA) is 498 Å². The molecule has 38 atom stereocenters. The van der Waals surface area contributed by atoms with Gasteiger partial charge in [0.15, 0.2) is 37.7 Å². The van der Waals surface area contributed by atoms with E-state index in [1.807, 2.05) is 6.92 Å². The van der Waals surface area contributed by atoms with Crippen molar-refractivity contribution < 1.29 is 158 Å². The second-order valence-corrected chi connectivity index (χ2v) is 28.3. The van der Waals surface area contributed by atoms with Crippen LogP contribution in [-0.2, 0) is 71.2 Å². The lowest BCUT2D eigenvalue weighted by Gasteiger charge is -2.61. The minimum Gasteiger partial charge on any atom is -0.462 e. The predicted molar refractivity (Wildman–Crippen MR) is 305 cm³/mol. The van der Waals surface area contributed by atoms with E-state index >= 15 is 0 Å². The van der Waals surface area contributed by atoms with Crippen molar-refractivity contribution in [2.75, 3.05) is 39.6 Å². The number of fused-ring (bicyclic) bond motifs is 5. The molecule has 6 heterocycles. The molecule has 0 aromatic heterocycles. The van der Waals surface area contributed by atoms with E-state index < -0.39 is 235 Å². The third-order valence-corrected chi connectivity index (χ3v) is 22.4. The highest BCUT2D eigenvalue weighted by molar-refractivity contribution is 5.81. The van der Waals surface area contributed by atoms with Crippen LogP contribution in [0.15, 0.2) is 0 Å². The number of ketones is 1. The van der Waals surface area contributed by atoms with Gasteiger partial charge >= 0.3 is 5.97 Å². The summed E-state index contributed by atoms with van der Waals surface area (Å²) in [5, 5.41) is 183. The molecule has 536 valence electrons. The van der Waals surface area contributed by atoms with E-state index in [9.17, 15) is 96.4 Å². The number of hydrogen-bond donors (Lipinski definition) is 17. The number of carbonyl (C=O) groups excluding carboxylic acids is 2. The van der Waals surface area contributed by atoms with Crippen molar-refractivity contribution >= 4 is 11.8 Å². The maximum atomic E-state index is 13.7. The molecule has 32 heteroatoms. The number of aliphatic hydroxyl groups excluding tert-OH is 17. The molecule has 0 aromatic rings. The van der Waals surface area contributed by atoms with Gasteiger partial charge in [-0.25, -0.2) is 0 Å². The summed E-state index contributed by atoms with van der Waals surface area (Å²) in [6.07, 6.45) is -43.3. The number of aliphatic hydroxyl groups is 17. The Morgan fingerprint density at radius 3 is 1.68 bits per heavy atom. The van der Waals surface area contributed by atoms with E-state index in [0.717, 1.165) is 19.3 Å². The molecule has 0 unspecified atom stereocenters. The Bertz CT molecular complexity index is 2440. The summed E-state index contributed by atoms with van der Waals surface area (Å²) in [5.41, 5.74) is -0.674. The number of hydrogen-bond acceptors (Lipinski definition) is 32. The second-order valence-electron chi connectivity index (χ2n) is 28.3. The highest BCUT2D eigenvalue weighted by Crippen LogP contribution is 2.68. The number of ether oxygens (including phenoxy) is 13. The quantitative estimate of drug-likeness (QED) is 0.0375. The van der Waals surface area contributed by atoms with Crippen LogP contribution in [0.2, 0.25) is 0 Å². The van der Waals surface area contributed by atoms with Crippen LogP contribution in [0.25, 0.3) is 0 Å². The Balaban J connectivity index is 0.832. The predicted octanol–water partition coefficient (Wildman–Crippen LogP) is -6.22. The smallest absolute Gasteiger partial charge is 0.306 e. The fourth-order valence-electron chi connectivity index (χ4n) is 17.0. The van der Waals surface area contributed by atoms with Crippen molar-refractivity contribution in [2.45, 2.75) is 283 Å². The molecular formula is C61H100O32. The Hall–Kier alpha value is -2.02. The standard InChI is InChI=1S/C61H100O32/c1-22(19-81-54-47(78)44(75)41(72)33(16-62)87-54)6-9-36(68)86-32-15-29-27-8-7-25-14-26(10-12-60(25,4)28(27)11-13-61(29,5)37(32)23(2)65)85-58-52(92-57-48(79)43(74)38(69)24(3)84-57)49(80)50(35(18-64)89-58)90-59-53(93-56-46(77)40(71)31(67)21-83-56)51(42(73)34(17-63)88-59)91-55-45(76)39(70)30(66)20-82-55/h22,24-35,37-59,62-64,66-67,69-80H,6-21H2,1-5H3/t22-,24-,25-,26-,27+,28-,29-,30+,31+,32-,33+,34+,35+,37-,38-,39-,40-,41+,42+,43+,44-,45+,46+,47+,48+,49-,50-,51-,52+,53+,54+,55-,56-,57-,58+,59-,60-,61+/m0/s1. The molecule has 0 spiro atoms. The SMILES string of the molecule is CC(=O)[C@H]1[C@@H](OC(=O)CC[C@H](C)CO[C@@H]2O[C@H](CO)[C@@H](O)[C@H](O)[C@H]2O)C[C@H]2[C@@H]3CC[C@H]4C[C@@H](O[C@@H]5O[C@H](CO)[C@H](O[C@@H]6O[C@H](CO)[C@@H](O)[C@H](O[C@@H]7OC[C@@H](O)[C@H](O)[C@H]7O)[C@H]6O[C@@H]6OC[C@@H](O)[C@H](O)[C@H]6O)[C@H](O)[C@H]5O[C@@H]5O[C@@H](C)[C@H](O)[C@@H](O)[C@H]5O)CC[C@]4(C)[C@H]3CC[C@]21C. The maximum absolute atomic E-state index is 13.7. The molecule has 10 rings (SSSR count). The average molecular weight is 1350 g/mol. The van der Waals surface area contributed by atoms with Gasteiger partial charge in [0, 0.05) is 6.42 Å². The number of Topliss-reactive ketones (excluding diaryl/α,β-unsaturated/α-hetero) is 1. The van der Waals surface area contributed by atoms with Crippen LogP contribution in [0.1, 0.15) is 98.8 Å². The lowest BCUT2D eigenvalue weighted by atomic mass is 9.44. The van der Waals surface area contributed by atoms with Crippen molar-refractivity contribution in [3.63, 3.8) is 0 Å². The molecule has 0 bridgehead atoms. The van der Waals surface area contributed by atoms with E-state index in [4.69, 9.17) is 61.6 Å². The molecule has 0 amide bonds. The zero-order valence-corrected chi connectivity index (χ0v) is 52.8. The summed E-state index contributed by atoms with van der Waals surface area (Å²) in [6.45, 7) is 5.64. The Kier molecular flexibility index (Phi) is 24.1. The van der Waals surface area contributed by atoms with Crippen molar-refractivity contribution in [1.29, 1.82) is 0 Å². The zero-order chi connectivity index (χ0) is 67.4. The number of esters is 1. The van der Waals surface area contributed by atoms with Gasteiger partial charge in [-0.2, -0.15) is 0 Å². The summed E-state index contributed by atoms with van der Waals surface area (Å²) >= 11 is 0. The third kappa shape index (κ3) is 14.8. The zero-order valence-electron chi connectivity index (χ0n) is 52.8. The van der Waals surface area contributed by atoms with Crippen LogP contribution >= 0.6 is 0 Å². The molecule has 6 aliphatic heterocycles. The van der Waals surface area contributed by atoms with Crippen LogP contribution in [-0.4, -0.2) is 322 Å². The summed E-state index contributed by atoms with van der Waals surface area (Å²) in [6, 6.07) is 0. The largest absolute Gasteiger partial charge is 0.462 e. The van der Waals surface area contributed by atoms with Crippen molar-refractivity contribution in [2.24, 2.45) is 46.3 Å². The normalized spacial score (nSPS) is 52.3. The van der Waals surface area contributed by atoms with Crippen molar-refractivity contribution in [1.82, 2.24) is 0 Å². The molecule has 10 aliphatic rings. The first-order valence-electron chi connectivity index (χ1n) is 32.8. The second kappa shape index (κ2) is 30.4. The van der Waals surface area contributed by atoms with E-state index in [1.54, 1.807) is 6.92 Å². The monoisotopic (exact) mass is 1340 g/mol. The molecule has 17 N–H and O–H groups in total. The average Bonchev–Trinajstić information content (AvgIpc) is 1.65. The number of carbonyl (C=O) groups is 2. The molecular weight excluding hydrogens is 1240 g/mol. The van der Waals surface area contributed by atoms with Gasteiger partial charge in [-0.15, -0.1) is 0 Å². The van der Waals surface area contributed by atoms with Crippen LogP contribution in [0, 0.1) is 46.3 Å². The molecule has 4 saturated carbocycles. The van der Waals surface area contributed by atoms with Crippen molar-refractivity contribution in [3.8, 4) is 0 Å². The summed E-state index contributed by atoms with van der Waals surface area (Å²) in [5.74, 6) is -0.750. The van der Waals surface area contributed by atoms with Crippen molar-refractivity contribution in [3.05, 3.63) is 0 Å². The molecule has 0 radical (unpaired) electrons. The van der Waals surface area contributed by atoms with Crippen LogP contribution in [0.3, 0.4) is 0 Å². The van der Waals surface area contributed by atoms with E-state index in [-0.39, 0.29) is 53.8 Å². The molecule has 10 fully saturated rings. The fourth-order valence-corrected chi connectivity index (χ4v) is 17.0. The summed E-state index contributed by atoms with van der Waals surface area (Å²) < 4.78 is 78.4. The lowest BCUT2D eigenvalue weighted by molar-refractivity contribution is -0.408. The molecule has 6 saturated heterocycles. The molecule has 4 aliphatic carbocycles. The van der Waals surface area contributed by atoms with E-state index in [2.05, 4.69) is 13.8 Å². The van der Waals surface area contributed by atoms with Gasteiger partial charge in [0.25, 0.3) is 0 Å². The molecule has 0 aromatic carbocycles. The van der Waals surface area contributed by atoms with Crippen LogP contribution in [0.5, 0.6) is 0 Å². The Morgan fingerprint density at radius 1 is 0.505 bits per heavy atom. The first-order chi connectivity index (χ1) is 44.0. The van der Waals surface area contributed by atoms with Gasteiger partial charge in [0.1, 0.15) is 140 Å². The minimum atomic E-state index is -1.99. The van der Waals surface area contributed by atoms with Gasteiger partial charge < -0.3 is 148 Å². The van der Waals surface area contributed by atoms with Gasteiger partial charge in [-0.3, -0.25) is 9.59 Å². The Labute approximate surface area is 537 Å². The molecule has 32 nitrogen and oxygen atoms in total. The first-order valence-corrected chi connectivity index (χ1v) is 32.8. The summed E-state index contributed by atoms with van der Waals surface area (Å²) in [4.78, 5) is 27.3. The number of rotatable bonds is 21. The molecule has 93 heavy (non-hydrogen) atoms. The first kappa shape index (κ1) is 73.7. The van der Waals surface area contributed by atoms with E-state index in [0.29, 0.717) is 38.5 Å². The van der Waals surface area contributed by atoms with Crippen LogP contribution < -0.4 is 0 Å². The highest BCUT2D eigenvalue weighted by atomic mass is 16.8. The lowest BCUT2D eigenvalue weighted by Crippen LogP contribution is -2.68. The maximum Gasteiger partial charge on any atom is 0.306 e. The van der Waals surface area contributed by atoms with Gasteiger partial charge in [0.05, 0.1) is 57.8 Å². The van der Waals surface area contributed by atoms with Crippen LogP contribution in [0.4, 0.5) is 0 Å². The Morgan fingerprint density at radius 2 is 1.04 bits per heavy atom. The summed E-state index contributed by atoms with van der Waals surface area (Å²) in [7, 11) is 0. The van der Waals surface area contributed by atoms with Gasteiger partial charge in [-0.05, 0) is 112 Å². The fraction of sp³-hybridized carbons (Fsp3) is 0.967. The van der Waals surface area contributed by atoms with E-state index in [1.165, 1.54) is 6.92 Å². The van der Waals surface area contributed by atoms with Gasteiger partial charge in [-0.1, -0.05) is 20.8 Å². The minimum absolute atomic E-state index is 0.0142. The van der Waals surface area contributed by atoms with Gasteiger partial charge in [0.2, 0.25) is 0 Å². The highest BCUT2D eigenvalue weighted by Gasteiger charge is 2.65.